The third-order valence-electron chi connectivity index (χ3n) is 5.41. The van der Waals surface area contributed by atoms with E-state index in [2.05, 4.69) is 27.4 Å². The van der Waals surface area contributed by atoms with Crippen LogP contribution in [0.5, 0.6) is 0 Å². The molecular weight excluding hydrogens is 356 g/mol. The van der Waals surface area contributed by atoms with Gasteiger partial charge < -0.3 is 14.7 Å². The molecule has 2 aliphatic rings. The molecule has 144 valence electrons. The fourth-order valence-corrected chi connectivity index (χ4v) is 4.15. The molecule has 4 heterocycles. The van der Waals surface area contributed by atoms with Gasteiger partial charge in [-0.1, -0.05) is 24.2 Å². The average Bonchev–Trinajstić information content (AvgIpc) is 3.44. The first kappa shape index (κ1) is 17.1. The highest BCUT2D eigenvalue weighted by Gasteiger charge is 2.39. The van der Waals surface area contributed by atoms with E-state index in [1.54, 1.807) is 6.33 Å². The molecule has 1 aromatic carbocycles. The lowest BCUT2D eigenvalue weighted by atomic mass is 10.1. The van der Waals surface area contributed by atoms with Crippen LogP contribution in [0.25, 0.3) is 17.2 Å². The molecule has 8 heteroatoms. The Balaban J connectivity index is 1.60. The molecule has 2 aromatic heterocycles. The van der Waals surface area contributed by atoms with Crippen molar-refractivity contribution in [3.05, 3.63) is 47.7 Å². The van der Waals surface area contributed by atoms with Crippen molar-refractivity contribution in [2.45, 2.75) is 38.8 Å². The van der Waals surface area contributed by atoms with E-state index in [0.29, 0.717) is 29.5 Å². The second-order valence-electron chi connectivity index (χ2n) is 7.21. The maximum atomic E-state index is 13.1. The van der Waals surface area contributed by atoms with Crippen molar-refractivity contribution in [2.24, 2.45) is 0 Å². The summed E-state index contributed by atoms with van der Waals surface area (Å²) in [5.74, 6) is 1.09. The Hall–Kier alpha value is -3.00. The molecule has 8 nitrogen and oxygen atoms in total. The summed E-state index contributed by atoms with van der Waals surface area (Å²) < 4.78 is 7.42. The van der Waals surface area contributed by atoms with Gasteiger partial charge in [0, 0.05) is 6.54 Å². The number of nitrogens with one attached hydrogen (secondary N) is 1. The Morgan fingerprint density at radius 3 is 3.11 bits per heavy atom. The Kier molecular flexibility index (Phi) is 4.20. The molecular formula is C20H22N6O2. The minimum atomic E-state index is -0.0300. The lowest BCUT2D eigenvalue weighted by Gasteiger charge is -2.22. The summed E-state index contributed by atoms with van der Waals surface area (Å²) in [7, 11) is 0. The third-order valence-corrected chi connectivity index (χ3v) is 5.41. The van der Waals surface area contributed by atoms with Gasteiger partial charge in [-0.3, -0.25) is 9.36 Å². The largest absolute Gasteiger partial charge is 0.337 e. The van der Waals surface area contributed by atoms with Crippen molar-refractivity contribution in [2.75, 3.05) is 13.1 Å². The van der Waals surface area contributed by atoms with Crippen LogP contribution in [-0.4, -0.2) is 43.6 Å². The highest BCUT2D eigenvalue weighted by atomic mass is 16.5. The van der Waals surface area contributed by atoms with Crippen molar-refractivity contribution < 1.29 is 9.32 Å². The van der Waals surface area contributed by atoms with Crippen LogP contribution in [0.2, 0.25) is 0 Å². The topological polar surface area (TPSA) is 89.1 Å². The van der Waals surface area contributed by atoms with E-state index in [-0.39, 0.29) is 11.9 Å². The number of fused-ring (bicyclic) bond motifs is 5. The molecule has 0 spiro atoms. The van der Waals surface area contributed by atoms with Crippen LogP contribution in [0.1, 0.15) is 54.2 Å². The second kappa shape index (κ2) is 6.87. The van der Waals surface area contributed by atoms with Gasteiger partial charge in [0.2, 0.25) is 11.7 Å². The number of amides is 1. The van der Waals surface area contributed by atoms with Crippen LogP contribution in [-0.2, 0) is 6.54 Å². The van der Waals surface area contributed by atoms with Crippen molar-refractivity contribution in [3.63, 3.8) is 0 Å². The number of para-hydroxylation sites is 1. The Morgan fingerprint density at radius 1 is 1.32 bits per heavy atom. The highest BCUT2D eigenvalue weighted by Crippen LogP contribution is 2.41. The van der Waals surface area contributed by atoms with Crippen molar-refractivity contribution in [3.8, 4) is 17.2 Å². The van der Waals surface area contributed by atoms with Gasteiger partial charge in [0.15, 0.2) is 0 Å². The number of carbonyl (C=O) groups excluding carboxylic acids is 1. The molecule has 0 unspecified atom stereocenters. The van der Waals surface area contributed by atoms with Crippen LogP contribution < -0.4 is 5.32 Å². The Bertz CT molecular complexity index is 1020. The quantitative estimate of drug-likeness (QED) is 0.687. The van der Waals surface area contributed by atoms with Crippen LogP contribution in [0.4, 0.5) is 0 Å². The summed E-state index contributed by atoms with van der Waals surface area (Å²) in [5, 5.41) is 7.42. The van der Waals surface area contributed by atoms with E-state index in [4.69, 9.17) is 4.52 Å². The fourth-order valence-electron chi connectivity index (χ4n) is 4.15. The Morgan fingerprint density at radius 2 is 2.21 bits per heavy atom. The minimum absolute atomic E-state index is 0.0300. The number of benzene rings is 1. The summed E-state index contributed by atoms with van der Waals surface area (Å²) in [6.07, 6.45) is 4.69. The van der Waals surface area contributed by atoms with Crippen molar-refractivity contribution >= 4 is 5.91 Å². The number of nitrogens with zero attached hydrogens (tertiary/aromatic N) is 5. The number of imidazole rings is 1. The maximum absolute atomic E-state index is 13.1. The van der Waals surface area contributed by atoms with Crippen LogP contribution >= 0.6 is 0 Å². The molecule has 1 atom stereocenters. The molecule has 1 amide bonds. The molecule has 0 aliphatic carbocycles. The van der Waals surface area contributed by atoms with Gasteiger partial charge in [-0.2, -0.15) is 4.98 Å². The van der Waals surface area contributed by atoms with Crippen molar-refractivity contribution in [1.82, 2.24) is 29.9 Å². The van der Waals surface area contributed by atoms with Crippen LogP contribution in [0.15, 0.2) is 35.1 Å². The summed E-state index contributed by atoms with van der Waals surface area (Å²) in [5.41, 5.74) is 3.20. The molecule has 0 bridgehead atoms. The monoisotopic (exact) mass is 378 g/mol. The maximum Gasteiger partial charge on any atom is 0.256 e. The summed E-state index contributed by atoms with van der Waals surface area (Å²) >= 11 is 0. The smallest absolute Gasteiger partial charge is 0.256 e. The molecule has 0 radical (unpaired) electrons. The van der Waals surface area contributed by atoms with Gasteiger partial charge >= 0.3 is 0 Å². The number of hydrogen-bond acceptors (Lipinski definition) is 6. The van der Waals surface area contributed by atoms with E-state index >= 15 is 0 Å². The van der Waals surface area contributed by atoms with Gasteiger partial charge in [-0.05, 0) is 37.9 Å². The summed E-state index contributed by atoms with van der Waals surface area (Å²) in [4.78, 5) is 24.2. The highest BCUT2D eigenvalue weighted by molar-refractivity contribution is 5.99. The normalized spacial score (nSPS) is 18.0. The molecule has 28 heavy (non-hydrogen) atoms. The van der Waals surface area contributed by atoms with Gasteiger partial charge in [-0.25, -0.2) is 4.98 Å². The van der Waals surface area contributed by atoms with E-state index in [1.807, 2.05) is 33.7 Å². The lowest BCUT2D eigenvalue weighted by molar-refractivity contribution is 0.0739. The zero-order valence-corrected chi connectivity index (χ0v) is 15.8. The van der Waals surface area contributed by atoms with Crippen LogP contribution in [0, 0.1) is 0 Å². The zero-order valence-electron chi connectivity index (χ0n) is 15.8. The second-order valence-corrected chi connectivity index (χ2v) is 7.21. The van der Waals surface area contributed by atoms with Crippen molar-refractivity contribution in [1.29, 1.82) is 0 Å². The number of rotatable bonds is 5. The first-order valence-corrected chi connectivity index (χ1v) is 9.79. The van der Waals surface area contributed by atoms with E-state index in [0.717, 1.165) is 43.7 Å². The standard InChI is InChI=1S/C20H22N6O2/c1-2-9-21-11-16-23-19(24-28-16)17-18-15-8-5-10-25(15)20(27)13-6-3-4-7-14(13)26(18)12-22-17/h3-4,6-7,12,15,21H,2,5,8-11H2,1H3/t15-/m0/s1. The predicted octanol–water partition coefficient (Wildman–Crippen LogP) is 2.71. The Labute approximate surface area is 162 Å². The molecule has 5 rings (SSSR count). The van der Waals surface area contributed by atoms with E-state index in [9.17, 15) is 4.79 Å². The van der Waals surface area contributed by atoms with E-state index in [1.165, 1.54) is 0 Å². The first-order valence-electron chi connectivity index (χ1n) is 9.79. The number of hydrogen-bond donors (Lipinski definition) is 1. The molecule has 1 N–H and O–H groups in total. The predicted molar refractivity (Wildman–Crippen MR) is 102 cm³/mol. The average molecular weight is 378 g/mol. The molecule has 2 aliphatic heterocycles. The number of aromatic nitrogens is 4. The molecule has 1 fully saturated rings. The number of carbonyl (C=O) groups is 1. The minimum Gasteiger partial charge on any atom is -0.337 e. The van der Waals surface area contributed by atoms with Gasteiger partial charge in [-0.15, -0.1) is 0 Å². The lowest BCUT2D eigenvalue weighted by Crippen LogP contribution is -2.29. The molecule has 1 saturated heterocycles. The zero-order chi connectivity index (χ0) is 19.1. The van der Waals surface area contributed by atoms with Gasteiger partial charge in [0.05, 0.1) is 29.5 Å². The SMILES string of the molecule is CCCNCc1nc(-c2ncn3c2[C@@H]2CCCN2C(=O)c2ccccc2-3)no1. The van der Waals surface area contributed by atoms with E-state index < -0.39 is 0 Å². The molecule has 0 saturated carbocycles. The third kappa shape index (κ3) is 2.63. The summed E-state index contributed by atoms with van der Waals surface area (Å²) in [6.45, 7) is 4.29. The molecule has 3 aromatic rings. The first-order chi connectivity index (χ1) is 13.8. The van der Waals surface area contributed by atoms with Crippen LogP contribution in [0.3, 0.4) is 0 Å². The van der Waals surface area contributed by atoms with Gasteiger partial charge in [0.1, 0.15) is 12.0 Å². The fraction of sp³-hybridized carbons (Fsp3) is 0.400. The van der Waals surface area contributed by atoms with Gasteiger partial charge in [0.25, 0.3) is 5.91 Å². The summed E-state index contributed by atoms with van der Waals surface area (Å²) in [6, 6.07) is 7.66.